The zero-order valence-corrected chi connectivity index (χ0v) is 16.6. The number of carbonyl (C=O) groups excluding carboxylic acids is 1. The number of aromatic nitrogens is 1. The van der Waals surface area contributed by atoms with Gasteiger partial charge in [-0.25, -0.2) is 4.79 Å². The number of furan rings is 1. The maximum absolute atomic E-state index is 12.7. The Morgan fingerprint density at radius 3 is 2.68 bits per heavy atom. The van der Waals surface area contributed by atoms with Crippen molar-refractivity contribution in [1.29, 1.82) is 0 Å². The SMILES string of the molecule is CC(C)Cn1ccc2cc(NC(=O)N3CCN(Cc4ccco4)CC3)ccc21. The number of rotatable bonds is 5. The van der Waals surface area contributed by atoms with Crippen LogP contribution in [0.2, 0.25) is 0 Å². The third-order valence-electron chi connectivity index (χ3n) is 5.20. The number of benzene rings is 1. The van der Waals surface area contributed by atoms with Gasteiger partial charge >= 0.3 is 6.03 Å². The largest absolute Gasteiger partial charge is 0.468 e. The molecule has 3 heterocycles. The third kappa shape index (κ3) is 4.22. The van der Waals surface area contributed by atoms with Gasteiger partial charge in [-0.05, 0) is 42.3 Å². The molecule has 0 atom stereocenters. The summed E-state index contributed by atoms with van der Waals surface area (Å²) in [6.45, 7) is 9.38. The smallest absolute Gasteiger partial charge is 0.321 e. The van der Waals surface area contributed by atoms with E-state index in [4.69, 9.17) is 4.42 Å². The number of amides is 2. The topological polar surface area (TPSA) is 53.7 Å². The van der Waals surface area contributed by atoms with Gasteiger partial charge < -0.3 is 19.2 Å². The first-order valence-corrected chi connectivity index (χ1v) is 9.98. The summed E-state index contributed by atoms with van der Waals surface area (Å²) >= 11 is 0. The molecule has 1 aliphatic rings. The van der Waals surface area contributed by atoms with Crippen LogP contribution in [0.1, 0.15) is 19.6 Å². The van der Waals surface area contributed by atoms with Gasteiger partial charge in [-0.15, -0.1) is 0 Å². The number of anilines is 1. The lowest BCUT2D eigenvalue weighted by Crippen LogP contribution is -2.49. The molecule has 1 saturated heterocycles. The Morgan fingerprint density at radius 2 is 1.96 bits per heavy atom. The fraction of sp³-hybridized carbons (Fsp3) is 0.409. The van der Waals surface area contributed by atoms with E-state index in [1.165, 1.54) is 5.52 Å². The zero-order valence-electron chi connectivity index (χ0n) is 16.6. The number of hydrogen-bond donors (Lipinski definition) is 1. The molecule has 6 nitrogen and oxygen atoms in total. The summed E-state index contributed by atoms with van der Waals surface area (Å²) in [5.74, 6) is 1.57. The average Bonchev–Trinajstić information content (AvgIpc) is 3.32. The lowest BCUT2D eigenvalue weighted by Gasteiger charge is -2.34. The summed E-state index contributed by atoms with van der Waals surface area (Å²) < 4.78 is 7.68. The van der Waals surface area contributed by atoms with Gasteiger partial charge in [0, 0.05) is 55.5 Å². The van der Waals surface area contributed by atoms with Crippen LogP contribution in [0, 0.1) is 5.92 Å². The molecule has 0 spiro atoms. The minimum Gasteiger partial charge on any atom is -0.468 e. The number of nitrogens with zero attached hydrogens (tertiary/aromatic N) is 3. The van der Waals surface area contributed by atoms with Crippen molar-refractivity contribution in [3.8, 4) is 0 Å². The van der Waals surface area contributed by atoms with Crippen LogP contribution in [0.4, 0.5) is 10.5 Å². The van der Waals surface area contributed by atoms with Gasteiger partial charge in [0.2, 0.25) is 0 Å². The van der Waals surface area contributed by atoms with E-state index < -0.39 is 0 Å². The minimum atomic E-state index is -0.0291. The maximum atomic E-state index is 12.7. The molecule has 0 radical (unpaired) electrons. The van der Waals surface area contributed by atoms with Gasteiger partial charge in [0.05, 0.1) is 12.8 Å². The molecule has 1 aromatic carbocycles. The zero-order chi connectivity index (χ0) is 19.5. The normalized spacial score (nSPS) is 15.5. The number of hydrogen-bond acceptors (Lipinski definition) is 3. The first-order chi connectivity index (χ1) is 13.6. The van der Waals surface area contributed by atoms with Crippen LogP contribution in [0.3, 0.4) is 0 Å². The van der Waals surface area contributed by atoms with Gasteiger partial charge in [-0.1, -0.05) is 13.8 Å². The van der Waals surface area contributed by atoms with Crippen molar-refractivity contribution in [2.75, 3.05) is 31.5 Å². The molecular formula is C22H28N4O2. The van der Waals surface area contributed by atoms with Crippen LogP contribution in [0.5, 0.6) is 0 Å². The van der Waals surface area contributed by atoms with Crippen LogP contribution in [0.15, 0.2) is 53.3 Å². The lowest BCUT2D eigenvalue weighted by atomic mass is 10.2. The molecule has 0 saturated carbocycles. The van der Waals surface area contributed by atoms with Crippen molar-refractivity contribution in [2.45, 2.75) is 26.9 Å². The summed E-state index contributed by atoms with van der Waals surface area (Å²) in [7, 11) is 0. The second-order valence-electron chi connectivity index (χ2n) is 7.91. The molecule has 2 aromatic heterocycles. The van der Waals surface area contributed by atoms with Gasteiger partial charge in [-0.2, -0.15) is 0 Å². The predicted octanol–water partition coefficient (Wildman–Crippen LogP) is 4.24. The number of urea groups is 1. The number of carbonyl (C=O) groups is 1. The molecule has 4 rings (SSSR count). The predicted molar refractivity (Wildman–Crippen MR) is 111 cm³/mol. The second-order valence-corrected chi connectivity index (χ2v) is 7.91. The molecule has 28 heavy (non-hydrogen) atoms. The molecular weight excluding hydrogens is 352 g/mol. The van der Waals surface area contributed by atoms with Gasteiger partial charge in [0.25, 0.3) is 0 Å². The Morgan fingerprint density at radius 1 is 1.14 bits per heavy atom. The summed E-state index contributed by atoms with van der Waals surface area (Å²) in [5.41, 5.74) is 2.05. The van der Waals surface area contributed by atoms with E-state index in [2.05, 4.69) is 53.0 Å². The number of nitrogens with one attached hydrogen (secondary N) is 1. The van der Waals surface area contributed by atoms with Crippen LogP contribution in [0.25, 0.3) is 10.9 Å². The monoisotopic (exact) mass is 380 g/mol. The van der Waals surface area contributed by atoms with E-state index in [1.807, 2.05) is 23.1 Å². The van der Waals surface area contributed by atoms with E-state index >= 15 is 0 Å². The Labute approximate surface area is 165 Å². The highest BCUT2D eigenvalue weighted by Gasteiger charge is 2.21. The van der Waals surface area contributed by atoms with Crippen molar-refractivity contribution in [1.82, 2.24) is 14.4 Å². The summed E-state index contributed by atoms with van der Waals surface area (Å²) in [6, 6.07) is 12.1. The standard InChI is InChI=1S/C22H28N4O2/c1-17(2)15-26-8-7-18-14-19(5-6-21(18)26)23-22(27)25-11-9-24(10-12-25)16-20-4-3-13-28-20/h3-8,13-14,17H,9-12,15-16H2,1-2H3,(H,23,27). The Bertz CT molecular complexity index is 921. The van der Waals surface area contributed by atoms with Gasteiger partial charge in [-0.3, -0.25) is 4.90 Å². The molecule has 0 unspecified atom stereocenters. The van der Waals surface area contributed by atoms with Crippen molar-refractivity contribution in [3.63, 3.8) is 0 Å². The highest BCUT2D eigenvalue weighted by molar-refractivity contribution is 5.93. The second kappa shape index (κ2) is 8.10. The first kappa shape index (κ1) is 18.6. The maximum Gasteiger partial charge on any atom is 0.321 e. The molecule has 1 fully saturated rings. The minimum absolute atomic E-state index is 0.0291. The van der Waals surface area contributed by atoms with E-state index in [0.717, 1.165) is 56.1 Å². The van der Waals surface area contributed by atoms with E-state index in [0.29, 0.717) is 5.92 Å². The van der Waals surface area contributed by atoms with Crippen LogP contribution >= 0.6 is 0 Å². The van der Waals surface area contributed by atoms with Crippen molar-refractivity contribution < 1.29 is 9.21 Å². The van der Waals surface area contributed by atoms with Gasteiger partial charge in [0.1, 0.15) is 5.76 Å². The Balaban J connectivity index is 1.33. The quantitative estimate of drug-likeness (QED) is 0.720. The van der Waals surface area contributed by atoms with Crippen molar-refractivity contribution in [3.05, 3.63) is 54.6 Å². The summed E-state index contributed by atoms with van der Waals surface area (Å²) in [6.07, 6.45) is 3.82. The molecule has 3 aromatic rings. The van der Waals surface area contributed by atoms with E-state index in [1.54, 1.807) is 6.26 Å². The number of fused-ring (bicyclic) bond motifs is 1. The molecule has 0 aliphatic carbocycles. The van der Waals surface area contributed by atoms with Crippen LogP contribution < -0.4 is 5.32 Å². The highest BCUT2D eigenvalue weighted by Crippen LogP contribution is 2.22. The Hall–Kier alpha value is -2.73. The van der Waals surface area contributed by atoms with Gasteiger partial charge in [0.15, 0.2) is 0 Å². The lowest BCUT2D eigenvalue weighted by molar-refractivity contribution is 0.137. The van der Waals surface area contributed by atoms with E-state index in [9.17, 15) is 4.79 Å². The van der Waals surface area contributed by atoms with Crippen LogP contribution in [-0.4, -0.2) is 46.6 Å². The first-order valence-electron chi connectivity index (χ1n) is 9.98. The fourth-order valence-corrected chi connectivity index (χ4v) is 3.77. The molecule has 2 amide bonds. The summed E-state index contributed by atoms with van der Waals surface area (Å²) in [4.78, 5) is 16.8. The molecule has 148 valence electrons. The fourth-order valence-electron chi connectivity index (χ4n) is 3.77. The van der Waals surface area contributed by atoms with E-state index in [-0.39, 0.29) is 6.03 Å². The van der Waals surface area contributed by atoms with Crippen molar-refractivity contribution >= 4 is 22.6 Å². The molecule has 0 bridgehead atoms. The number of piperazine rings is 1. The molecule has 6 heteroatoms. The third-order valence-corrected chi connectivity index (χ3v) is 5.20. The Kier molecular flexibility index (Phi) is 5.39. The average molecular weight is 380 g/mol. The molecule has 1 aliphatic heterocycles. The molecule has 1 N–H and O–H groups in total. The van der Waals surface area contributed by atoms with Crippen LogP contribution in [-0.2, 0) is 13.1 Å². The van der Waals surface area contributed by atoms with Crippen molar-refractivity contribution in [2.24, 2.45) is 5.92 Å². The summed E-state index contributed by atoms with van der Waals surface area (Å²) in [5, 5.41) is 4.21. The highest BCUT2D eigenvalue weighted by atomic mass is 16.3.